The van der Waals surface area contributed by atoms with Gasteiger partial charge in [0.15, 0.2) is 5.11 Å². The minimum Gasteiger partial charge on any atom is -0.378 e. The van der Waals surface area contributed by atoms with Crippen molar-refractivity contribution in [1.29, 1.82) is 0 Å². The summed E-state index contributed by atoms with van der Waals surface area (Å²) < 4.78 is 6.41. The second-order valence-corrected chi connectivity index (χ2v) is 5.23. The number of morpholine rings is 1. The molecule has 0 aliphatic carbocycles. The van der Waals surface area contributed by atoms with E-state index in [2.05, 4.69) is 39.1 Å². The molecular weight excluding hydrogens is 300 g/mol. The van der Waals surface area contributed by atoms with Crippen molar-refractivity contribution >= 4 is 38.9 Å². The second kappa shape index (κ2) is 5.80. The molecule has 92 valence electrons. The summed E-state index contributed by atoms with van der Waals surface area (Å²) in [6, 6.07) is 6.13. The molecule has 0 radical (unpaired) electrons. The van der Waals surface area contributed by atoms with Crippen LogP contribution in [-0.2, 0) is 4.74 Å². The Morgan fingerprint density at radius 2 is 2.12 bits per heavy atom. The minimum absolute atomic E-state index is 0.751. The number of nitrogens with one attached hydrogen (secondary N) is 1. The third kappa shape index (κ3) is 3.40. The van der Waals surface area contributed by atoms with Crippen LogP contribution in [0.4, 0.5) is 5.69 Å². The van der Waals surface area contributed by atoms with Gasteiger partial charge >= 0.3 is 0 Å². The maximum Gasteiger partial charge on any atom is 0.173 e. The number of ether oxygens (including phenoxy) is 1. The molecule has 0 spiro atoms. The van der Waals surface area contributed by atoms with Gasteiger partial charge in [-0.05, 0) is 42.9 Å². The lowest BCUT2D eigenvalue weighted by atomic mass is 10.2. The van der Waals surface area contributed by atoms with Crippen LogP contribution in [0.2, 0.25) is 0 Å². The van der Waals surface area contributed by atoms with Gasteiger partial charge in [0.05, 0.1) is 13.2 Å². The molecule has 1 fully saturated rings. The standard InChI is InChI=1S/C12H15BrN2OS/c1-9-8-10(2-3-11(9)13)14-12(17)15-4-6-16-7-5-15/h2-3,8H,4-7H2,1H3,(H,14,17). The quantitative estimate of drug-likeness (QED) is 0.806. The monoisotopic (exact) mass is 314 g/mol. The number of hydrogen-bond donors (Lipinski definition) is 1. The van der Waals surface area contributed by atoms with E-state index in [9.17, 15) is 0 Å². The molecule has 0 aromatic heterocycles. The average molecular weight is 315 g/mol. The Hall–Kier alpha value is -0.650. The van der Waals surface area contributed by atoms with E-state index in [1.54, 1.807) is 0 Å². The third-order valence-corrected chi connectivity index (χ3v) is 3.96. The zero-order chi connectivity index (χ0) is 12.3. The first-order chi connectivity index (χ1) is 8.16. The first-order valence-corrected chi connectivity index (χ1v) is 6.77. The van der Waals surface area contributed by atoms with Crippen LogP contribution in [0.1, 0.15) is 5.56 Å². The second-order valence-electron chi connectivity index (χ2n) is 3.99. The Balaban J connectivity index is 1.99. The molecule has 1 N–H and O–H groups in total. The average Bonchev–Trinajstić information content (AvgIpc) is 2.35. The van der Waals surface area contributed by atoms with Crippen LogP contribution >= 0.6 is 28.1 Å². The number of thiocarbonyl (C=S) groups is 1. The van der Waals surface area contributed by atoms with Gasteiger partial charge in [0.25, 0.3) is 0 Å². The van der Waals surface area contributed by atoms with Gasteiger partial charge in [-0.2, -0.15) is 0 Å². The Labute approximate surface area is 115 Å². The van der Waals surface area contributed by atoms with Crippen LogP contribution in [0.3, 0.4) is 0 Å². The summed E-state index contributed by atoms with van der Waals surface area (Å²) in [5, 5.41) is 4.03. The fourth-order valence-electron chi connectivity index (χ4n) is 1.69. The van der Waals surface area contributed by atoms with Gasteiger partial charge in [-0.15, -0.1) is 0 Å². The van der Waals surface area contributed by atoms with Crippen LogP contribution in [0, 0.1) is 6.92 Å². The number of aryl methyl sites for hydroxylation is 1. The molecule has 17 heavy (non-hydrogen) atoms. The summed E-state index contributed by atoms with van der Waals surface area (Å²) in [6.45, 7) is 5.29. The van der Waals surface area contributed by atoms with Gasteiger partial charge in [-0.3, -0.25) is 0 Å². The van der Waals surface area contributed by atoms with Gasteiger partial charge in [-0.25, -0.2) is 0 Å². The van der Waals surface area contributed by atoms with Gasteiger partial charge in [0.1, 0.15) is 0 Å². The van der Waals surface area contributed by atoms with E-state index in [0.29, 0.717) is 0 Å². The molecule has 1 aliphatic heterocycles. The number of benzene rings is 1. The first-order valence-electron chi connectivity index (χ1n) is 5.56. The molecule has 0 unspecified atom stereocenters. The van der Waals surface area contributed by atoms with E-state index in [0.717, 1.165) is 41.6 Å². The molecule has 0 bridgehead atoms. The summed E-state index contributed by atoms with van der Waals surface area (Å²) in [7, 11) is 0. The maximum atomic E-state index is 5.38. The topological polar surface area (TPSA) is 24.5 Å². The van der Waals surface area contributed by atoms with E-state index < -0.39 is 0 Å². The van der Waals surface area contributed by atoms with Crippen molar-refractivity contribution in [1.82, 2.24) is 4.90 Å². The predicted molar refractivity (Wildman–Crippen MR) is 77.5 cm³/mol. The van der Waals surface area contributed by atoms with E-state index in [1.165, 1.54) is 5.56 Å². The smallest absolute Gasteiger partial charge is 0.173 e. The Morgan fingerprint density at radius 3 is 2.76 bits per heavy atom. The molecule has 2 rings (SSSR count). The van der Waals surface area contributed by atoms with Gasteiger partial charge < -0.3 is 15.0 Å². The highest BCUT2D eigenvalue weighted by molar-refractivity contribution is 9.10. The molecule has 1 aromatic rings. The lowest BCUT2D eigenvalue weighted by Crippen LogP contribution is -2.42. The van der Waals surface area contributed by atoms with E-state index in [-0.39, 0.29) is 0 Å². The molecule has 1 saturated heterocycles. The summed E-state index contributed by atoms with van der Waals surface area (Å²) in [6.07, 6.45) is 0. The summed E-state index contributed by atoms with van der Waals surface area (Å²) in [5.74, 6) is 0. The normalized spacial score (nSPS) is 15.8. The van der Waals surface area contributed by atoms with Crippen LogP contribution in [0.15, 0.2) is 22.7 Å². The zero-order valence-corrected chi connectivity index (χ0v) is 12.1. The molecule has 3 nitrogen and oxygen atoms in total. The van der Waals surface area contributed by atoms with Crippen LogP contribution in [0.25, 0.3) is 0 Å². The molecule has 1 aromatic carbocycles. The molecule has 5 heteroatoms. The molecule has 1 heterocycles. The first kappa shape index (κ1) is 12.8. The van der Waals surface area contributed by atoms with Crippen LogP contribution in [-0.4, -0.2) is 36.3 Å². The predicted octanol–water partition coefficient (Wildman–Crippen LogP) is 2.79. The lowest BCUT2D eigenvalue weighted by molar-refractivity contribution is 0.0690. The maximum absolute atomic E-state index is 5.38. The van der Waals surface area contributed by atoms with E-state index >= 15 is 0 Å². The van der Waals surface area contributed by atoms with Crippen molar-refractivity contribution < 1.29 is 4.74 Å². The largest absolute Gasteiger partial charge is 0.378 e. The highest BCUT2D eigenvalue weighted by Gasteiger charge is 2.13. The highest BCUT2D eigenvalue weighted by atomic mass is 79.9. The van der Waals surface area contributed by atoms with Crippen molar-refractivity contribution in [2.75, 3.05) is 31.6 Å². The summed E-state index contributed by atoms with van der Waals surface area (Å²) in [5.41, 5.74) is 2.22. The molecular formula is C12H15BrN2OS. The molecule has 0 atom stereocenters. The number of rotatable bonds is 1. The summed E-state index contributed by atoms with van der Waals surface area (Å²) >= 11 is 8.86. The zero-order valence-electron chi connectivity index (χ0n) is 9.70. The van der Waals surface area contributed by atoms with Gasteiger partial charge in [0, 0.05) is 23.2 Å². The fourth-order valence-corrected chi connectivity index (χ4v) is 2.24. The van der Waals surface area contributed by atoms with Crippen LogP contribution in [0.5, 0.6) is 0 Å². The van der Waals surface area contributed by atoms with Crippen molar-refractivity contribution in [3.05, 3.63) is 28.2 Å². The Morgan fingerprint density at radius 1 is 1.41 bits per heavy atom. The Bertz CT molecular complexity index is 419. The lowest BCUT2D eigenvalue weighted by Gasteiger charge is -2.29. The number of nitrogens with zero attached hydrogens (tertiary/aromatic N) is 1. The van der Waals surface area contributed by atoms with Crippen molar-refractivity contribution in [2.24, 2.45) is 0 Å². The van der Waals surface area contributed by atoms with Gasteiger partial charge in [0.2, 0.25) is 0 Å². The third-order valence-electron chi connectivity index (χ3n) is 2.71. The molecule has 0 saturated carbocycles. The SMILES string of the molecule is Cc1cc(NC(=S)N2CCOCC2)ccc1Br. The fraction of sp³-hybridized carbons (Fsp3) is 0.417. The van der Waals surface area contributed by atoms with Crippen LogP contribution < -0.4 is 5.32 Å². The van der Waals surface area contributed by atoms with Crippen molar-refractivity contribution in [3.63, 3.8) is 0 Å². The van der Waals surface area contributed by atoms with E-state index in [4.69, 9.17) is 17.0 Å². The minimum atomic E-state index is 0.751. The van der Waals surface area contributed by atoms with E-state index in [1.807, 2.05) is 12.1 Å². The number of halogens is 1. The Kier molecular flexibility index (Phi) is 4.36. The molecule has 0 amide bonds. The molecule has 1 aliphatic rings. The van der Waals surface area contributed by atoms with Crippen molar-refractivity contribution in [2.45, 2.75) is 6.92 Å². The van der Waals surface area contributed by atoms with Crippen molar-refractivity contribution in [3.8, 4) is 0 Å². The number of anilines is 1. The number of hydrogen-bond acceptors (Lipinski definition) is 2. The summed E-state index contributed by atoms with van der Waals surface area (Å²) in [4.78, 5) is 2.14. The highest BCUT2D eigenvalue weighted by Crippen LogP contribution is 2.20. The van der Waals surface area contributed by atoms with Gasteiger partial charge in [-0.1, -0.05) is 15.9 Å².